The van der Waals surface area contributed by atoms with E-state index in [1.165, 1.54) is 5.57 Å². The van der Waals surface area contributed by atoms with Crippen LogP contribution < -0.4 is 0 Å². The highest BCUT2D eigenvalue weighted by atomic mass is 16.7. The van der Waals surface area contributed by atoms with Crippen molar-refractivity contribution in [1.29, 1.82) is 0 Å². The molecule has 0 unspecified atom stereocenters. The first kappa shape index (κ1) is 21.7. The lowest BCUT2D eigenvalue weighted by Gasteiger charge is -2.30. The highest BCUT2D eigenvalue weighted by Crippen LogP contribution is 2.24. The fourth-order valence-electron chi connectivity index (χ4n) is 2.29. The van der Waals surface area contributed by atoms with Gasteiger partial charge in [0.1, 0.15) is 18.8 Å². The Morgan fingerprint density at radius 2 is 1.85 bits per heavy atom. The van der Waals surface area contributed by atoms with Crippen molar-refractivity contribution in [2.75, 3.05) is 6.61 Å². The molecule has 0 saturated heterocycles. The number of ketones is 1. The number of esters is 2. The minimum absolute atomic E-state index is 0.144. The largest absolute Gasteiger partial charge is 0.461 e. The molecule has 6 nitrogen and oxygen atoms in total. The first-order valence-electron chi connectivity index (χ1n) is 8.66. The zero-order valence-corrected chi connectivity index (χ0v) is 16.2. The smallest absolute Gasteiger partial charge is 0.337 e. The molecule has 0 radical (unpaired) electrons. The van der Waals surface area contributed by atoms with Crippen LogP contribution in [0, 0.1) is 0 Å². The van der Waals surface area contributed by atoms with Crippen LogP contribution in [0.2, 0.25) is 0 Å². The van der Waals surface area contributed by atoms with Gasteiger partial charge in [-0.25, -0.2) is 4.79 Å². The molecule has 0 spiro atoms. The van der Waals surface area contributed by atoms with Crippen molar-refractivity contribution in [2.45, 2.75) is 66.1 Å². The lowest BCUT2D eigenvalue weighted by Crippen LogP contribution is -2.34. The minimum Gasteiger partial charge on any atom is -0.461 e. The van der Waals surface area contributed by atoms with Gasteiger partial charge in [-0.3, -0.25) is 9.59 Å². The molecule has 0 N–H and O–H groups in total. The van der Waals surface area contributed by atoms with Crippen LogP contribution in [0.3, 0.4) is 0 Å². The lowest BCUT2D eigenvalue weighted by atomic mass is 10.1. The fourth-order valence-corrected chi connectivity index (χ4v) is 2.29. The third-order valence-corrected chi connectivity index (χ3v) is 3.48. The summed E-state index contributed by atoms with van der Waals surface area (Å²) < 4.78 is 15.4. The molecule has 0 saturated carbocycles. The molecular weight excluding hydrogens is 336 g/mol. The van der Waals surface area contributed by atoms with E-state index in [0.29, 0.717) is 0 Å². The van der Waals surface area contributed by atoms with Gasteiger partial charge in [-0.2, -0.15) is 0 Å². The summed E-state index contributed by atoms with van der Waals surface area (Å²) in [5.41, 5.74) is 2.40. The first-order chi connectivity index (χ1) is 12.1. The molecule has 0 aromatic rings. The van der Waals surface area contributed by atoms with E-state index in [-0.39, 0.29) is 31.0 Å². The van der Waals surface area contributed by atoms with Crippen molar-refractivity contribution in [1.82, 2.24) is 0 Å². The maximum atomic E-state index is 11.9. The third kappa shape index (κ3) is 9.20. The third-order valence-electron chi connectivity index (χ3n) is 3.48. The van der Waals surface area contributed by atoms with Gasteiger partial charge in [-0.1, -0.05) is 17.2 Å². The van der Waals surface area contributed by atoms with E-state index >= 15 is 0 Å². The maximum Gasteiger partial charge on any atom is 0.337 e. The van der Waals surface area contributed by atoms with Gasteiger partial charge >= 0.3 is 11.9 Å². The van der Waals surface area contributed by atoms with Crippen molar-refractivity contribution in [2.24, 2.45) is 0 Å². The molecular formula is C20H28O6. The number of cyclic esters (lactones) is 1. The number of allylic oxidation sites excluding steroid dienone is 4. The Hall–Kier alpha value is -2.37. The van der Waals surface area contributed by atoms with Crippen LogP contribution in [-0.2, 0) is 28.6 Å². The number of carbonyl (C=O) groups excluding carboxylic acids is 3. The van der Waals surface area contributed by atoms with E-state index in [2.05, 4.69) is 19.9 Å². The quantitative estimate of drug-likeness (QED) is 0.352. The van der Waals surface area contributed by atoms with Crippen molar-refractivity contribution < 1.29 is 28.6 Å². The van der Waals surface area contributed by atoms with Gasteiger partial charge in [0.15, 0.2) is 5.78 Å². The zero-order chi connectivity index (χ0) is 19.7. The maximum absolute atomic E-state index is 11.9. The van der Waals surface area contributed by atoms with Crippen LogP contribution in [0.15, 0.2) is 35.1 Å². The summed E-state index contributed by atoms with van der Waals surface area (Å²) in [6, 6.07) is 0. The van der Waals surface area contributed by atoms with Crippen molar-refractivity contribution in [3.8, 4) is 0 Å². The van der Waals surface area contributed by atoms with Gasteiger partial charge in [0, 0.05) is 13.8 Å². The van der Waals surface area contributed by atoms with E-state index in [0.717, 1.165) is 24.5 Å². The number of carbonyl (C=O) groups is 3. The lowest BCUT2D eigenvalue weighted by molar-refractivity contribution is -0.205. The molecule has 0 aliphatic carbocycles. The number of hydrogen-bond acceptors (Lipinski definition) is 6. The molecule has 0 aromatic heterocycles. The second kappa shape index (κ2) is 9.94. The number of hydrogen-bond donors (Lipinski definition) is 0. The molecule has 144 valence electrons. The van der Waals surface area contributed by atoms with Crippen LogP contribution in [0.4, 0.5) is 0 Å². The first-order valence-corrected chi connectivity index (χ1v) is 8.66. The zero-order valence-electron chi connectivity index (χ0n) is 16.2. The molecule has 0 fully saturated rings. The van der Waals surface area contributed by atoms with Crippen LogP contribution in [-0.4, -0.2) is 30.1 Å². The summed E-state index contributed by atoms with van der Waals surface area (Å²) in [6.07, 6.45) is 6.46. The molecule has 26 heavy (non-hydrogen) atoms. The molecule has 6 heteroatoms. The summed E-state index contributed by atoms with van der Waals surface area (Å²) in [6.45, 7) is 9.37. The predicted octanol–water partition coefficient (Wildman–Crippen LogP) is 3.77. The molecule has 0 aromatic carbocycles. The average molecular weight is 364 g/mol. The minimum atomic E-state index is -1.12. The average Bonchev–Trinajstić information content (AvgIpc) is 2.43. The van der Waals surface area contributed by atoms with Crippen LogP contribution in [0.5, 0.6) is 0 Å². The van der Waals surface area contributed by atoms with Gasteiger partial charge in [0.05, 0.1) is 12.5 Å². The SMILES string of the molecule is CC(C)=CCCC(C)=CCOC(=O)CC(=O)CC1=CC(=O)OC(C)(C)O1. The van der Waals surface area contributed by atoms with Crippen molar-refractivity contribution in [3.05, 3.63) is 35.1 Å². The van der Waals surface area contributed by atoms with E-state index in [4.69, 9.17) is 14.2 Å². The highest BCUT2D eigenvalue weighted by molar-refractivity contribution is 5.97. The molecule has 1 rings (SSSR count). The molecule has 1 aliphatic rings. The summed E-state index contributed by atoms with van der Waals surface area (Å²) in [7, 11) is 0. The Kier molecular flexibility index (Phi) is 8.29. The second-order valence-electron chi connectivity index (χ2n) is 6.98. The molecule has 0 amide bonds. The van der Waals surface area contributed by atoms with Crippen molar-refractivity contribution >= 4 is 17.7 Å². The van der Waals surface area contributed by atoms with Gasteiger partial charge in [0.25, 0.3) is 0 Å². The van der Waals surface area contributed by atoms with Gasteiger partial charge in [-0.15, -0.1) is 0 Å². The molecule has 1 heterocycles. The summed E-state index contributed by atoms with van der Waals surface area (Å²) in [4.78, 5) is 35.1. The van der Waals surface area contributed by atoms with Crippen LogP contribution >= 0.6 is 0 Å². The summed E-state index contributed by atoms with van der Waals surface area (Å²) in [5.74, 6) is -2.47. The Bertz CT molecular complexity index is 633. The number of rotatable bonds is 9. The summed E-state index contributed by atoms with van der Waals surface area (Å²) in [5, 5.41) is 0. The standard InChI is InChI=1S/C20H28O6/c1-14(2)7-6-8-15(3)9-10-24-18(22)12-16(21)11-17-13-19(23)26-20(4,5)25-17/h7,9,13H,6,8,10-12H2,1-5H3. The van der Waals surface area contributed by atoms with Crippen molar-refractivity contribution in [3.63, 3.8) is 0 Å². The van der Waals surface area contributed by atoms with E-state index < -0.39 is 17.7 Å². The fraction of sp³-hybridized carbons (Fsp3) is 0.550. The molecule has 0 atom stereocenters. The number of Topliss-reactive ketones (excluding diaryl/α,β-unsaturated/α-hetero) is 1. The Balaban J connectivity index is 2.35. The van der Waals surface area contributed by atoms with E-state index in [9.17, 15) is 14.4 Å². The Morgan fingerprint density at radius 1 is 1.15 bits per heavy atom. The topological polar surface area (TPSA) is 78.9 Å². The van der Waals surface area contributed by atoms with E-state index in [1.54, 1.807) is 13.8 Å². The van der Waals surface area contributed by atoms with Gasteiger partial charge in [-0.05, 0) is 39.7 Å². The predicted molar refractivity (Wildman–Crippen MR) is 97.0 cm³/mol. The summed E-state index contributed by atoms with van der Waals surface area (Å²) >= 11 is 0. The van der Waals surface area contributed by atoms with Crippen LogP contribution in [0.25, 0.3) is 0 Å². The normalized spacial score (nSPS) is 16.1. The highest BCUT2D eigenvalue weighted by Gasteiger charge is 2.31. The van der Waals surface area contributed by atoms with E-state index in [1.807, 2.05) is 13.0 Å². The van der Waals surface area contributed by atoms with Gasteiger partial charge < -0.3 is 14.2 Å². The van der Waals surface area contributed by atoms with Gasteiger partial charge in [0.2, 0.25) is 5.79 Å². The number of ether oxygens (including phenoxy) is 3. The van der Waals surface area contributed by atoms with Crippen LogP contribution in [0.1, 0.15) is 60.3 Å². The monoisotopic (exact) mass is 364 g/mol. The Morgan fingerprint density at radius 3 is 2.46 bits per heavy atom. The molecule has 0 bridgehead atoms. The second-order valence-corrected chi connectivity index (χ2v) is 6.98. The molecule has 1 aliphatic heterocycles. The Labute approximate surface area is 154 Å².